The molecule has 0 bridgehead atoms. The fraction of sp³-hybridized carbons (Fsp3) is 0.190. The van der Waals surface area contributed by atoms with Gasteiger partial charge in [0.15, 0.2) is 11.5 Å². The highest BCUT2D eigenvalue weighted by Gasteiger charge is 2.14. The molecule has 6 heteroatoms. The molecule has 3 rings (SSSR count). The number of ether oxygens (including phenoxy) is 3. The highest BCUT2D eigenvalue weighted by Crippen LogP contribution is 2.38. The average molecular weight is 366 g/mol. The van der Waals surface area contributed by atoms with E-state index in [2.05, 4.69) is 5.32 Å². The van der Waals surface area contributed by atoms with Crippen LogP contribution in [-0.4, -0.2) is 31.8 Å². The molecule has 0 saturated carbocycles. The summed E-state index contributed by atoms with van der Waals surface area (Å²) < 4.78 is 18.0. The number of amides is 1. The van der Waals surface area contributed by atoms with E-state index in [4.69, 9.17) is 14.2 Å². The van der Waals surface area contributed by atoms with Gasteiger partial charge in [0.05, 0.1) is 21.3 Å². The van der Waals surface area contributed by atoms with E-state index >= 15 is 0 Å². The lowest BCUT2D eigenvalue weighted by Gasteiger charge is -2.14. The quantitative estimate of drug-likeness (QED) is 0.696. The molecule has 2 aromatic carbocycles. The van der Waals surface area contributed by atoms with E-state index in [0.29, 0.717) is 29.4 Å². The third kappa shape index (κ3) is 4.06. The maximum absolute atomic E-state index is 12.6. The zero-order valence-corrected chi connectivity index (χ0v) is 15.6. The number of carbonyl (C=O) groups is 1. The molecule has 1 amide bonds. The van der Waals surface area contributed by atoms with Crippen LogP contribution >= 0.6 is 0 Å². The van der Waals surface area contributed by atoms with Crippen LogP contribution in [0.3, 0.4) is 0 Å². The van der Waals surface area contributed by atoms with Gasteiger partial charge < -0.3 is 24.1 Å². The van der Waals surface area contributed by atoms with Gasteiger partial charge in [-0.2, -0.15) is 0 Å². The number of aromatic nitrogens is 1. The van der Waals surface area contributed by atoms with E-state index in [1.54, 1.807) is 27.4 Å². The van der Waals surface area contributed by atoms with Gasteiger partial charge >= 0.3 is 0 Å². The summed E-state index contributed by atoms with van der Waals surface area (Å²) in [6, 6.07) is 15.0. The van der Waals surface area contributed by atoms with Crippen LogP contribution in [0.1, 0.15) is 15.9 Å². The SMILES string of the molecule is COc1cc(CNC(=O)c2cccc(-n3cccc3)c2)cc(OC)c1OC. The highest BCUT2D eigenvalue weighted by atomic mass is 16.5. The van der Waals surface area contributed by atoms with Gasteiger partial charge in [0, 0.05) is 30.2 Å². The smallest absolute Gasteiger partial charge is 0.251 e. The number of rotatable bonds is 7. The average Bonchev–Trinajstić information content (AvgIpc) is 3.26. The molecule has 6 nitrogen and oxygen atoms in total. The number of nitrogens with zero attached hydrogens (tertiary/aromatic N) is 1. The van der Waals surface area contributed by atoms with Crippen LogP contribution in [0.5, 0.6) is 17.2 Å². The first-order chi connectivity index (χ1) is 13.2. The molecule has 3 aromatic rings. The lowest BCUT2D eigenvalue weighted by atomic mass is 10.1. The summed E-state index contributed by atoms with van der Waals surface area (Å²) in [6.45, 7) is 0.337. The van der Waals surface area contributed by atoms with Gasteiger partial charge in [0.2, 0.25) is 5.75 Å². The molecular formula is C21H22N2O4. The first kappa shape index (κ1) is 18.4. The third-order valence-electron chi connectivity index (χ3n) is 4.19. The molecule has 0 spiro atoms. The van der Waals surface area contributed by atoms with Crippen LogP contribution in [0.2, 0.25) is 0 Å². The first-order valence-electron chi connectivity index (χ1n) is 8.46. The molecule has 0 aliphatic heterocycles. The predicted octanol–water partition coefficient (Wildman–Crippen LogP) is 3.43. The molecule has 0 aliphatic carbocycles. The molecule has 0 saturated heterocycles. The van der Waals surface area contributed by atoms with Gasteiger partial charge in [-0.05, 0) is 48.0 Å². The molecule has 140 valence electrons. The lowest BCUT2D eigenvalue weighted by molar-refractivity contribution is 0.0951. The first-order valence-corrected chi connectivity index (χ1v) is 8.46. The standard InChI is InChI=1S/C21H22N2O4/c1-25-18-11-15(12-19(26-2)20(18)27-3)14-22-21(24)16-7-6-8-17(13-16)23-9-4-5-10-23/h4-13H,14H2,1-3H3,(H,22,24). The Morgan fingerprint density at radius 1 is 0.926 bits per heavy atom. The van der Waals surface area contributed by atoms with Crippen molar-refractivity contribution >= 4 is 5.91 Å². The number of hydrogen-bond acceptors (Lipinski definition) is 4. The minimum atomic E-state index is -0.155. The van der Waals surface area contributed by atoms with Crippen molar-refractivity contribution in [2.45, 2.75) is 6.54 Å². The van der Waals surface area contributed by atoms with Crippen LogP contribution in [0.25, 0.3) is 5.69 Å². The van der Waals surface area contributed by atoms with Crippen LogP contribution in [0.4, 0.5) is 0 Å². The van der Waals surface area contributed by atoms with Crippen molar-refractivity contribution in [2.75, 3.05) is 21.3 Å². The van der Waals surface area contributed by atoms with Gasteiger partial charge in [0.1, 0.15) is 0 Å². The van der Waals surface area contributed by atoms with Crippen molar-refractivity contribution in [3.05, 3.63) is 72.1 Å². The fourth-order valence-electron chi connectivity index (χ4n) is 2.84. The number of hydrogen-bond donors (Lipinski definition) is 1. The summed E-state index contributed by atoms with van der Waals surface area (Å²) in [5.74, 6) is 1.47. The van der Waals surface area contributed by atoms with E-state index in [1.165, 1.54) is 0 Å². The van der Waals surface area contributed by atoms with Crippen molar-refractivity contribution in [3.63, 3.8) is 0 Å². The second kappa shape index (κ2) is 8.31. The number of methoxy groups -OCH3 is 3. The Balaban J connectivity index is 1.75. The molecule has 0 unspecified atom stereocenters. The monoisotopic (exact) mass is 366 g/mol. The van der Waals surface area contributed by atoms with Gasteiger partial charge in [0.25, 0.3) is 5.91 Å². The summed E-state index contributed by atoms with van der Waals surface area (Å²) >= 11 is 0. The summed E-state index contributed by atoms with van der Waals surface area (Å²) in [4.78, 5) is 12.6. The highest BCUT2D eigenvalue weighted by molar-refractivity contribution is 5.94. The van der Waals surface area contributed by atoms with Crippen LogP contribution in [-0.2, 0) is 6.54 Å². The third-order valence-corrected chi connectivity index (χ3v) is 4.19. The summed E-state index contributed by atoms with van der Waals surface area (Å²) in [7, 11) is 4.68. The van der Waals surface area contributed by atoms with Crippen molar-refractivity contribution < 1.29 is 19.0 Å². The van der Waals surface area contributed by atoms with Crippen molar-refractivity contribution in [1.82, 2.24) is 9.88 Å². The Morgan fingerprint density at radius 2 is 1.59 bits per heavy atom. The maximum Gasteiger partial charge on any atom is 0.251 e. The van der Waals surface area contributed by atoms with Crippen molar-refractivity contribution in [1.29, 1.82) is 0 Å². The molecule has 0 radical (unpaired) electrons. The van der Waals surface area contributed by atoms with Gasteiger partial charge in [-0.25, -0.2) is 0 Å². The Morgan fingerprint density at radius 3 is 2.19 bits per heavy atom. The Kier molecular flexibility index (Phi) is 5.66. The summed E-state index contributed by atoms with van der Waals surface area (Å²) in [5.41, 5.74) is 2.37. The van der Waals surface area contributed by atoms with Crippen molar-refractivity contribution in [3.8, 4) is 22.9 Å². The predicted molar refractivity (Wildman–Crippen MR) is 103 cm³/mol. The Labute approximate surface area is 158 Å². The second-order valence-electron chi connectivity index (χ2n) is 5.86. The topological polar surface area (TPSA) is 61.7 Å². The minimum absolute atomic E-state index is 0.155. The van der Waals surface area contributed by atoms with Gasteiger partial charge in [-0.1, -0.05) is 6.07 Å². The molecule has 27 heavy (non-hydrogen) atoms. The van der Waals surface area contributed by atoms with E-state index in [9.17, 15) is 4.79 Å². The summed E-state index contributed by atoms with van der Waals surface area (Å²) in [6.07, 6.45) is 3.87. The molecule has 0 aliphatic rings. The molecule has 1 heterocycles. The van der Waals surface area contributed by atoms with Gasteiger partial charge in [-0.3, -0.25) is 4.79 Å². The summed E-state index contributed by atoms with van der Waals surface area (Å²) in [5, 5.41) is 2.93. The molecule has 1 aromatic heterocycles. The van der Waals surface area contributed by atoms with Crippen LogP contribution in [0.15, 0.2) is 60.9 Å². The van der Waals surface area contributed by atoms with Crippen molar-refractivity contribution in [2.24, 2.45) is 0 Å². The van der Waals surface area contributed by atoms with E-state index in [-0.39, 0.29) is 5.91 Å². The molecular weight excluding hydrogens is 344 g/mol. The van der Waals surface area contributed by atoms with Crippen LogP contribution in [0, 0.1) is 0 Å². The Bertz CT molecular complexity index is 895. The zero-order chi connectivity index (χ0) is 19.2. The lowest BCUT2D eigenvalue weighted by Crippen LogP contribution is -2.23. The minimum Gasteiger partial charge on any atom is -0.493 e. The van der Waals surface area contributed by atoms with Crippen LogP contribution < -0.4 is 19.5 Å². The normalized spacial score (nSPS) is 10.3. The molecule has 1 N–H and O–H groups in total. The van der Waals surface area contributed by atoms with E-state index in [0.717, 1.165) is 11.3 Å². The Hall–Kier alpha value is -3.41. The van der Waals surface area contributed by atoms with Gasteiger partial charge in [-0.15, -0.1) is 0 Å². The fourth-order valence-corrected chi connectivity index (χ4v) is 2.84. The molecule has 0 atom stereocenters. The maximum atomic E-state index is 12.6. The zero-order valence-electron chi connectivity index (χ0n) is 15.6. The van der Waals surface area contributed by atoms with E-state index in [1.807, 2.05) is 59.4 Å². The number of nitrogens with one attached hydrogen (secondary N) is 1. The number of carbonyl (C=O) groups excluding carboxylic acids is 1. The second-order valence-corrected chi connectivity index (χ2v) is 5.86. The molecule has 0 fully saturated rings. The number of benzene rings is 2. The van der Waals surface area contributed by atoms with E-state index < -0.39 is 0 Å². The largest absolute Gasteiger partial charge is 0.493 e.